The van der Waals surface area contributed by atoms with E-state index in [1.54, 1.807) is 6.92 Å². The van der Waals surface area contributed by atoms with Crippen LogP contribution in [-0.2, 0) is 4.79 Å². The van der Waals surface area contributed by atoms with E-state index in [1.807, 2.05) is 0 Å². The zero-order chi connectivity index (χ0) is 13.8. The summed E-state index contributed by atoms with van der Waals surface area (Å²) in [7, 11) is 0. The van der Waals surface area contributed by atoms with E-state index in [-0.39, 0.29) is 12.6 Å². The largest absolute Gasteiger partial charge is 0.406 e. The van der Waals surface area contributed by atoms with Crippen LogP contribution in [0.1, 0.15) is 39.0 Å². The predicted molar refractivity (Wildman–Crippen MR) is 62.9 cm³/mol. The van der Waals surface area contributed by atoms with Crippen molar-refractivity contribution in [3.8, 4) is 0 Å². The molecule has 6 heteroatoms. The minimum Gasteiger partial charge on any atom is -0.334 e. The fourth-order valence-corrected chi connectivity index (χ4v) is 2.44. The summed E-state index contributed by atoms with van der Waals surface area (Å²) in [5.74, 6) is -0.890. The molecule has 0 aromatic rings. The fraction of sp³-hybridized carbons (Fsp3) is 0.917. The molecule has 2 atom stereocenters. The summed E-state index contributed by atoms with van der Waals surface area (Å²) in [6.07, 6.45) is -0.193. The Morgan fingerprint density at radius 3 is 2.44 bits per heavy atom. The molecular weight excluding hydrogens is 245 g/mol. The number of hydrogen-bond donors (Lipinski definition) is 1. The van der Waals surface area contributed by atoms with Crippen molar-refractivity contribution >= 4 is 5.91 Å². The molecule has 0 heterocycles. The average molecular weight is 266 g/mol. The highest BCUT2D eigenvalue weighted by atomic mass is 19.4. The van der Waals surface area contributed by atoms with Gasteiger partial charge in [0.2, 0.25) is 5.91 Å². The van der Waals surface area contributed by atoms with Crippen LogP contribution in [0.15, 0.2) is 0 Å². The van der Waals surface area contributed by atoms with Gasteiger partial charge >= 0.3 is 6.18 Å². The smallest absolute Gasteiger partial charge is 0.334 e. The van der Waals surface area contributed by atoms with Gasteiger partial charge in [-0.2, -0.15) is 13.2 Å². The van der Waals surface area contributed by atoms with Gasteiger partial charge in [-0.25, -0.2) is 0 Å². The van der Waals surface area contributed by atoms with Crippen molar-refractivity contribution < 1.29 is 18.0 Å². The maximum absolute atomic E-state index is 12.4. The van der Waals surface area contributed by atoms with Gasteiger partial charge in [-0.3, -0.25) is 4.79 Å². The van der Waals surface area contributed by atoms with Crippen LogP contribution in [0.2, 0.25) is 0 Å². The molecular formula is C12H21F3N2O. The Morgan fingerprint density at radius 2 is 1.89 bits per heavy atom. The van der Waals surface area contributed by atoms with E-state index in [0.717, 1.165) is 30.6 Å². The molecule has 1 saturated carbocycles. The van der Waals surface area contributed by atoms with Crippen LogP contribution in [0.3, 0.4) is 0 Å². The van der Waals surface area contributed by atoms with Crippen LogP contribution in [-0.4, -0.2) is 36.1 Å². The molecule has 0 aromatic heterocycles. The van der Waals surface area contributed by atoms with E-state index in [4.69, 9.17) is 5.73 Å². The van der Waals surface area contributed by atoms with Gasteiger partial charge < -0.3 is 10.6 Å². The quantitative estimate of drug-likeness (QED) is 0.797. The summed E-state index contributed by atoms with van der Waals surface area (Å²) >= 11 is 0. The second-order valence-corrected chi connectivity index (χ2v) is 4.88. The van der Waals surface area contributed by atoms with Gasteiger partial charge in [0.25, 0.3) is 0 Å². The number of carbonyl (C=O) groups excluding carboxylic acids is 1. The Balaban J connectivity index is 2.69. The normalized spacial score (nSPS) is 25.6. The summed E-state index contributed by atoms with van der Waals surface area (Å²) in [5, 5.41) is 0. The highest BCUT2D eigenvalue weighted by Crippen LogP contribution is 2.25. The highest BCUT2D eigenvalue weighted by molar-refractivity contribution is 5.79. The summed E-state index contributed by atoms with van der Waals surface area (Å²) in [6, 6.07) is -0.303. The molecule has 1 aliphatic rings. The molecule has 0 bridgehead atoms. The third-order valence-corrected chi connectivity index (χ3v) is 3.45. The zero-order valence-electron chi connectivity index (χ0n) is 10.7. The Labute approximate surface area is 106 Å². The number of nitrogens with two attached hydrogens (primary N) is 1. The van der Waals surface area contributed by atoms with Crippen LogP contribution in [0.25, 0.3) is 0 Å². The van der Waals surface area contributed by atoms with E-state index in [9.17, 15) is 18.0 Å². The number of rotatable bonds is 3. The molecule has 1 rings (SSSR count). The number of halogens is 3. The van der Waals surface area contributed by atoms with Crippen molar-refractivity contribution in [1.29, 1.82) is 0 Å². The Morgan fingerprint density at radius 1 is 1.28 bits per heavy atom. The lowest BCUT2D eigenvalue weighted by Crippen LogP contribution is -2.46. The van der Waals surface area contributed by atoms with Gasteiger partial charge in [0, 0.05) is 12.6 Å². The second kappa shape index (κ2) is 6.41. The van der Waals surface area contributed by atoms with Crippen molar-refractivity contribution in [3.05, 3.63) is 0 Å². The van der Waals surface area contributed by atoms with Gasteiger partial charge in [0.05, 0.1) is 5.92 Å². The SMILES string of the molecule is CCN(CC(F)(F)F)C(=O)C1CCCCCC1N. The van der Waals surface area contributed by atoms with Crippen LogP contribution in [0, 0.1) is 5.92 Å². The molecule has 0 spiro atoms. The van der Waals surface area contributed by atoms with Gasteiger partial charge in [-0.1, -0.05) is 19.3 Å². The first kappa shape index (κ1) is 15.3. The fourth-order valence-electron chi connectivity index (χ4n) is 2.44. The minimum atomic E-state index is -4.35. The number of nitrogens with zero attached hydrogens (tertiary/aromatic N) is 1. The number of carbonyl (C=O) groups is 1. The minimum absolute atomic E-state index is 0.0710. The molecule has 1 fully saturated rings. The Bertz CT molecular complexity index is 281. The summed E-state index contributed by atoms with van der Waals surface area (Å²) in [4.78, 5) is 13.0. The molecule has 0 saturated heterocycles. The molecule has 18 heavy (non-hydrogen) atoms. The molecule has 0 aromatic carbocycles. The maximum Gasteiger partial charge on any atom is 0.406 e. The van der Waals surface area contributed by atoms with E-state index in [0.29, 0.717) is 6.42 Å². The van der Waals surface area contributed by atoms with E-state index in [1.165, 1.54) is 0 Å². The molecule has 3 nitrogen and oxygen atoms in total. The lowest BCUT2D eigenvalue weighted by molar-refractivity contribution is -0.163. The molecule has 2 unspecified atom stereocenters. The maximum atomic E-state index is 12.4. The lowest BCUT2D eigenvalue weighted by atomic mass is 9.94. The lowest BCUT2D eigenvalue weighted by Gasteiger charge is -2.29. The van der Waals surface area contributed by atoms with Crippen molar-refractivity contribution in [3.63, 3.8) is 0 Å². The van der Waals surface area contributed by atoms with Gasteiger partial charge in [0.1, 0.15) is 6.54 Å². The standard InChI is InChI=1S/C12H21F3N2O/c1-2-17(8-12(13,14)15)11(18)9-6-4-3-5-7-10(9)16/h9-10H,2-8,16H2,1H3. The molecule has 106 valence electrons. The molecule has 1 amide bonds. The van der Waals surface area contributed by atoms with Crippen molar-refractivity contribution in [2.24, 2.45) is 11.7 Å². The first-order valence-electron chi connectivity index (χ1n) is 6.46. The monoisotopic (exact) mass is 266 g/mol. The third-order valence-electron chi connectivity index (χ3n) is 3.45. The van der Waals surface area contributed by atoms with Gasteiger partial charge in [-0.05, 0) is 19.8 Å². The molecule has 1 aliphatic carbocycles. The molecule has 2 N–H and O–H groups in total. The predicted octanol–water partition coefficient (Wildman–Crippen LogP) is 2.30. The summed E-state index contributed by atoms with van der Waals surface area (Å²) < 4.78 is 37.1. The average Bonchev–Trinajstić information content (AvgIpc) is 2.48. The molecule has 0 aliphatic heterocycles. The summed E-state index contributed by atoms with van der Waals surface area (Å²) in [5.41, 5.74) is 5.91. The third kappa shape index (κ3) is 4.48. The Hall–Kier alpha value is -0.780. The van der Waals surface area contributed by atoms with Crippen LogP contribution < -0.4 is 5.73 Å². The van der Waals surface area contributed by atoms with Crippen LogP contribution in [0.4, 0.5) is 13.2 Å². The van der Waals surface area contributed by atoms with Crippen molar-refractivity contribution in [1.82, 2.24) is 4.90 Å². The van der Waals surface area contributed by atoms with Crippen molar-refractivity contribution in [2.75, 3.05) is 13.1 Å². The number of amides is 1. The van der Waals surface area contributed by atoms with E-state index in [2.05, 4.69) is 0 Å². The number of alkyl halides is 3. The first-order chi connectivity index (χ1) is 8.35. The van der Waals surface area contributed by atoms with Crippen molar-refractivity contribution in [2.45, 2.75) is 51.2 Å². The number of hydrogen-bond acceptors (Lipinski definition) is 2. The zero-order valence-corrected chi connectivity index (χ0v) is 10.7. The van der Waals surface area contributed by atoms with Crippen LogP contribution in [0.5, 0.6) is 0 Å². The molecule has 0 radical (unpaired) electrons. The van der Waals surface area contributed by atoms with E-state index >= 15 is 0 Å². The second-order valence-electron chi connectivity index (χ2n) is 4.88. The van der Waals surface area contributed by atoms with Gasteiger partial charge in [-0.15, -0.1) is 0 Å². The van der Waals surface area contributed by atoms with E-state index < -0.39 is 24.5 Å². The highest BCUT2D eigenvalue weighted by Gasteiger charge is 2.36. The van der Waals surface area contributed by atoms with Gasteiger partial charge in [0.15, 0.2) is 0 Å². The Kier molecular flexibility index (Phi) is 5.44. The summed E-state index contributed by atoms with van der Waals surface area (Å²) in [6.45, 7) is 0.457. The first-order valence-corrected chi connectivity index (χ1v) is 6.46. The topological polar surface area (TPSA) is 46.3 Å². The van der Waals surface area contributed by atoms with Crippen LogP contribution >= 0.6 is 0 Å².